The average Bonchev–Trinajstić information content (AvgIpc) is 2.99. The third kappa shape index (κ3) is 6.68. The summed E-state index contributed by atoms with van der Waals surface area (Å²) in [5, 5.41) is 11.4. The highest BCUT2D eigenvalue weighted by Crippen LogP contribution is 2.13. The number of benzene rings is 1. The van der Waals surface area contributed by atoms with Crippen LogP contribution in [-0.2, 0) is 6.42 Å². The van der Waals surface area contributed by atoms with Crippen LogP contribution in [0.3, 0.4) is 0 Å². The molecule has 0 amide bonds. The molecule has 6 heteroatoms. The van der Waals surface area contributed by atoms with E-state index in [1.807, 2.05) is 29.9 Å². The molecule has 0 saturated carbocycles. The first-order chi connectivity index (χ1) is 11.6. The van der Waals surface area contributed by atoms with Crippen molar-refractivity contribution in [3.63, 3.8) is 0 Å². The second-order valence-corrected chi connectivity index (χ2v) is 6.08. The summed E-state index contributed by atoms with van der Waals surface area (Å²) in [5.41, 5.74) is 3.50. The van der Waals surface area contributed by atoms with Gasteiger partial charge in [-0.25, -0.2) is 4.68 Å². The van der Waals surface area contributed by atoms with Gasteiger partial charge in [-0.3, -0.25) is 4.99 Å². The zero-order chi connectivity index (χ0) is 17.4. The molecule has 0 aliphatic heterocycles. The van der Waals surface area contributed by atoms with Gasteiger partial charge in [0.1, 0.15) is 0 Å². The van der Waals surface area contributed by atoms with E-state index >= 15 is 0 Å². The van der Waals surface area contributed by atoms with E-state index in [-0.39, 0.29) is 24.0 Å². The van der Waals surface area contributed by atoms with Crippen LogP contribution >= 0.6 is 24.0 Å². The smallest absolute Gasteiger partial charge is 0.191 e. The lowest BCUT2D eigenvalue weighted by molar-refractivity contribution is 0.620. The maximum absolute atomic E-state index is 4.62. The average molecular weight is 455 g/mol. The zero-order valence-electron chi connectivity index (χ0n) is 15.6. The highest BCUT2D eigenvalue weighted by Gasteiger charge is 2.07. The molecule has 0 aliphatic rings. The molecular weight excluding hydrogens is 425 g/mol. The summed E-state index contributed by atoms with van der Waals surface area (Å²) in [6.45, 7) is 7.30. The molecule has 1 atom stereocenters. The molecule has 25 heavy (non-hydrogen) atoms. The predicted octanol–water partition coefficient (Wildman–Crippen LogP) is 3.69. The van der Waals surface area contributed by atoms with Crippen molar-refractivity contribution in [1.29, 1.82) is 0 Å². The van der Waals surface area contributed by atoms with Gasteiger partial charge in [0.15, 0.2) is 5.96 Å². The molecule has 1 heterocycles. The third-order valence-corrected chi connectivity index (χ3v) is 4.16. The van der Waals surface area contributed by atoms with Gasteiger partial charge in [0, 0.05) is 25.8 Å². The fourth-order valence-corrected chi connectivity index (χ4v) is 2.47. The van der Waals surface area contributed by atoms with Crippen LogP contribution in [0.4, 0.5) is 0 Å². The molecular formula is C19H30IN5. The molecule has 0 radical (unpaired) electrons. The second-order valence-electron chi connectivity index (χ2n) is 6.08. The first kappa shape index (κ1) is 21.5. The third-order valence-electron chi connectivity index (χ3n) is 4.16. The normalized spacial score (nSPS) is 12.4. The summed E-state index contributed by atoms with van der Waals surface area (Å²) in [6.07, 6.45) is 5.27. The molecule has 0 spiro atoms. The number of guanidine groups is 1. The van der Waals surface area contributed by atoms with E-state index in [1.54, 1.807) is 0 Å². The van der Waals surface area contributed by atoms with Gasteiger partial charge in [0.2, 0.25) is 0 Å². The second kappa shape index (κ2) is 11.1. The van der Waals surface area contributed by atoms with Crippen molar-refractivity contribution in [3.05, 3.63) is 47.8 Å². The molecule has 0 fully saturated rings. The lowest BCUT2D eigenvalue weighted by atomic mass is 10.1. The van der Waals surface area contributed by atoms with E-state index < -0.39 is 0 Å². The molecule has 2 rings (SSSR count). The molecule has 0 saturated heterocycles. The summed E-state index contributed by atoms with van der Waals surface area (Å²) >= 11 is 0. The highest BCUT2D eigenvalue weighted by atomic mass is 127. The summed E-state index contributed by atoms with van der Waals surface area (Å²) in [4.78, 5) is 4.26. The fourth-order valence-electron chi connectivity index (χ4n) is 2.47. The van der Waals surface area contributed by atoms with Crippen molar-refractivity contribution in [3.8, 4) is 5.69 Å². The molecule has 1 aromatic carbocycles. The van der Waals surface area contributed by atoms with Gasteiger partial charge in [0.25, 0.3) is 0 Å². The number of aromatic nitrogens is 2. The summed E-state index contributed by atoms with van der Waals surface area (Å²) in [6, 6.07) is 10.7. The van der Waals surface area contributed by atoms with Crippen molar-refractivity contribution < 1.29 is 0 Å². The summed E-state index contributed by atoms with van der Waals surface area (Å²) in [5.74, 6) is 0.876. The Bertz CT molecular complexity index is 651. The van der Waals surface area contributed by atoms with Crippen molar-refractivity contribution in [2.75, 3.05) is 13.6 Å². The molecule has 1 aromatic heterocycles. The number of aliphatic imine (C=N–C) groups is 1. The maximum atomic E-state index is 4.62. The van der Waals surface area contributed by atoms with Gasteiger partial charge in [-0.2, -0.15) is 5.10 Å². The molecule has 1 unspecified atom stereocenters. The zero-order valence-corrected chi connectivity index (χ0v) is 18.0. The minimum absolute atomic E-state index is 0. The van der Waals surface area contributed by atoms with Crippen LogP contribution in [0.2, 0.25) is 0 Å². The fraction of sp³-hybridized carbons (Fsp3) is 0.474. The van der Waals surface area contributed by atoms with E-state index in [1.165, 1.54) is 5.56 Å². The van der Waals surface area contributed by atoms with Crippen LogP contribution in [0.1, 0.15) is 37.9 Å². The van der Waals surface area contributed by atoms with Crippen molar-refractivity contribution in [2.24, 2.45) is 4.99 Å². The van der Waals surface area contributed by atoms with Crippen molar-refractivity contribution >= 4 is 29.9 Å². The van der Waals surface area contributed by atoms with Crippen LogP contribution in [-0.4, -0.2) is 35.4 Å². The van der Waals surface area contributed by atoms with Gasteiger partial charge in [-0.05, 0) is 50.8 Å². The van der Waals surface area contributed by atoms with E-state index in [2.05, 4.69) is 59.8 Å². The largest absolute Gasteiger partial charge is 0.356 e. The SMILES string of the molecule is CCC(C)NC(=NC)NCCCc1cn(-c2ccccc2)nc1C.I. The van der Waals surface area contributed by atoms with Gasteiger partial charge in [0.05, 0.1) is 11.4 Å². The minimum atomic E-state index is 0. The highest BCUT2D eigenvalue weighted by molar-refractivity contribution is 14.0. The Balaban J connectivity index is 0.00000312. The van der Waals surface area contributed by atoms with Crippen molar-refractivity contribution in [2.45, 2.75) is 46.1 Å². The number of para-hydroxylation sites is 1. The molecule has 5 nitrogen and oxygen atoms in total. The van der Waals surface area contributed by atoms with Crippen LogP contribution in [0.15, 0.2) is 41.5 Å². The van der Waals surface area contributed by atoms with Crippen molar-refractivity contribution in [1.82, 2.24) is 20.4 Å². The Kier molecular flexibility index (Phi) is 9.55. The molecule has 138 valence electrons. The number of aryl methyl sites for hydroxylation is 2. The number of halogens is 1. The molecule has 0 aliphatic carbocycles. The molecule has 0 bridgehead atoms. The lowest BCUT2D eigenvalue weighted by Gasteiger charge is -2.16. The number of hydrogen-bond donors (Lipinski definition) is 2. The summed E-state index contributed by atoms with van der Waals surface area (Å²) in [7, 11) is 1.81. The standard InChI is InChI=1S/C19H29N5.HI/c1-5-15(2)22-19(20-4)21-13-9-10-17-14-24(23-16(17)3)18-11-7-6-8-12-18;/h6-8,11-12,14-15H,5,9-10,13H2,1-4H3,(H2,20,21,22);1H. The number of hydrogen-bond acceptors (Lipinski definition) is 2. The Labute approximate surface area is 168 Å². The Morgan fingerprint density at radius 2 is 2.00 bits per heavy atom. The minimum Gasteiger partial charge on any atom is -0.356 e. The van der Waals surface area contributed by atoms with Gasteiger partial charge >= 0.3 is 0 Å². The Morgan fingerprint density at radius 1 is 1.28 bits per heavy atom. The van der Waals surface area contributed by atoms with E-state index in [0.717, 1.165) is 43.1 Å². The first-order valence-corrected chi connectivity index (χ1v) is 8.71. The van der Waals surface area contributed by atoms with Crippen LogP contribution in [0, 0.1) is 6.92 Å². The van der Waals surface area contributed by atoms with Gasteiger partial charge in [-0.15, -0.1) is 24.0 Å². The lowest BCUT2D eigenvalue weighted by Crippen LogP contribution is -2.42. The molecule has 2 N–H and O–H groups in total. The van der Waals surface area contributed by atoms with Gasteiger partial charge < -0.3 is 10.6 Å². The molecule has 2 aromatic rings. The van der Waals surface area contributed by atoms with Gasteiger partial charge in [-0.1, -0.05) is 25.1 Å². The van der Waals surface area contributed by atoms with Crippen LogP contribution < -0.4 is 10.6 Å². The Morgan fingerprint density at radius 3 is 2.64 bits per heavy atom. The van der Waals surface area contributed by atoms with Crippen LogP contribution in [0.5, 0.6) is 0 Å². The number of nitrogens with zero attached hydrogens (tertiary/aromatic N) is 3. The van der Waals surface area contributed by atoms with E-state index in [0.29, 0.717) is 6.04 Å². The number of nitrogens with one attached hydrogen (secondary N) is 2. The monoisotopic (exact) mass is 455 g/mol. The van der Waals surface area contributed by atoms with E-state index in [9.17, 15) is 0 Å². The number of rotatable bonds is 7. The maximum Gasteiger partial charge on any atom is 0.191 e. The van der Waals surface area contributed by atoms with Crippen LogP contribution in [0.25, 0.3) is 5.69 Å². The quantitative estimate of drug-likeness (QED) is 0.290. The predicted molar refractivity (Wildman–Crippen MR) is 116 cm³/mol. The topological polar surface area (TPSA) is 54.2 Å². The summed E-state index contributed by atoms with van der Waals surface area (Å²) < 4.78 is 1.96. The first-order valence-electron chi connectivity index (χ1n) is 8.71. The Hall–Kier alpha value is -1.57. The van der Waals surface area contributed by atoms with E-state index in [4.69, 9.17) is 0 Å².